The van der Waals surface area contributed by atoms with Crippen molar-refractivity contribution in [1.82, 2.24) is 5.32 Å². The highest BCUT2D eigenvalue weighted by Crippen LogP contribution is 2.20. The van der Waals surface area contributed by atoms with Gasteiger partial charge in [0.2, 0.25) is 5.91 Å². The second-order valence-corrected chi connectivity index (χ2v) is 5.63. The van der Waals surface area contributed by atoms with Crippen LogP contribution in [0.2, 0.25) is 0 Å². The van der Waals surface area contributed by atoms with E-state index >= 15 is 0 Å². The standard InChI is InChI=1S/C12H17BrN2OS.ClH/c13-10-2-4-11(5-3-10)17-9-6-12(16)15-8-1-7-14;/h2-5H,1,6-9,14H2,(H,15,16);1H. The molecule has 3 nitrogen and oxygen atoms in total. The molecule has 102 valence electrons. The third-order valence-electron chi connectivity index (χ3n) is 2.11. The number of nitrogens with one attached hydrogen (secondary N) is 1. The summed E-state index contributed by atoms with van der Waals surface area (Å²) in [6.45, 7) is 1.30. The maximum atomic E-state index is 11.4. The summed E-state index contributed by atoms with van der Waals surface area (Å²) in [7, 11) is 0. The third-order valence-corrected chi connectivity index (χ3v) is 3.66. The van der Waals surface area contributed by atoms with E-state index in [1.54, 1.807) is 11.8 Å². The molecule has 0 saturated carbocycles. The summed E-state index contributed by atoms with van der Waals surface area (Å²) in [5.74, 6) is 0.902. The maximum Gasteiger partial charge on any atom is 0.220 e. The topological polar surface area (TPSA) is 55.1 Å². The summed E-state index contributed by atoms with van der Waals surface area (Å²) in [4.78, 5) is 12.6. The van der Waals surface area contributed by atoms with Crippen LogP contribution in [0, 0.1) is 0 Å². The average Bonchev–Trinajstić information content (AvgIpc) is 2.32. The van der Waals surface area contributed by atoms with Gasteiger partial charge in [0.1, 0.15) is 0 Å². The van der Waals surface area contributed by atoms with Gasteiger partial charge in [-0.2, -0.15) is 0 Å². The molecule has 0 fully saturated rings. The van der Waals surface area contributed by atoms with E-state index in [1.165, 1.54) is 4.90 Å². The number of halogens is 2. The van der Waals surface area contributed by atoms with Crippen molar-refractivity contribution in [2.24, 2.45) is 5.73 Å². The summed E-state index contributed by atoms with van der Waals surface area (Å²) in [5.41, 5.74) is 5.34. The molecule has 0 heterocycles. The Kier molecular flexibility index (Phi) is 10.5. The molecule has 0 atom stereocenters. The van der Waals surface area contributed by atoms with Gasteiger partial charge >= 0.3 is 0 Å². The molecular formula is C12H18BrClN2OS. The fourth-order valence-corrected chi connectivity index (χ4v) is 2.33. The van der Waals surface area contributed by atoms with Crippen molar-refractivity contribution >= 4 is 46.0 Å². The van der Waals surface area contributed by atoms with Gasteiger partial charge in [-0.15, -0.1) is 24.2 Å². The summed E-state index contributed by atoms with van der Waals surface area (Å²) < 4.78 is 1.07. The molecule has 1 aromatic rings. The number of rotatable bonds is 7. The normalized spacial score (nSPS) is 9.67. The van der Waals surface area contributed by atoms with E-state index in [4.69, 9.17) is 5.73 Å². The largest absolute Gasteiger partial charge is 0.356 e. The highest BCUT2D eigenvalue weighted by Gasteiger charge is 2.01. The van der Waals surface area contributed by atoms with Gasteiger partial charge in [-0.3, -0.25) is 4.79 Å². The lowest BCUT2D eigenvalue weighted by atomic mass is 10.4. The smallest absolute Gasteiger partial charge is 0.220 e. The highest BCUT2D eigenvalue weighted by molar-refractivity contribution is 9.10. The molecule has 0 aliphatic carbocycles. The van der Waals surface area contributed by atoms with Crippen LogP contribution in [0.15, 0.2) is 33.6 Å². The SMILES string of the molecule is Cl.NCCCNC(=O)CCSc1ccc(Br)cc1. The number of nitrogens with two attached hydrogens (primary N) is 1. The number of thioether (sulfide) groups is 1. The summed E-state index contributed by atoms with van der Waals surface area (Å²) >= 11 is 5.08. The molecule has 0 saturated heterocycles. The van der Waals surface area contributed by atoms with Gasteiger partial charge in [-0.1, -0.05) is 15.9 Å². The van der Waals surface area contributed by atoms with Crippen LogP contribution < -0.4 is 11.1 Å². The van der Waals surface area contributed by atoms with Gasteiger partial charge in [0, 0.05) is 28.1 Å². The molecule has 0 aliphatic rings. The lowest BCUT2D eigenvalue weighted by molar-refractivity contribution is -0.120. The Labute approximate surface area is 127 Å². The van der Waals surface area contributed by atoms with Gasteiger partial charge in [-0.25, -0.2) is 0 Å². The van der Waals surface area contributed by atoms with E-state index in [-0.39, 0.29) is 18.3 Å². The molecule has 0 spiro atoms. The Morgan fingerprint density at radius 1 is 1.33 bits per heavy atom. The average molecular weight is 354 g/mol. The molecule has 18 heavy (non-hydrogen) atoms. The molecule has 1 rings (SSSR count). The Morgan fingerprint density at radius 2 is 2.00 bits per heavy atom. The van der Waals surface area contributed by atoms with Crippen LogP contribution in [0.1, 0.15) is 12.8 Å². The van der Waals surface area contributed by atoms with Crippen molar-refractivity contribution in [2.45, 2.75) is 17.7 Å². The first-order chi connectivity index (χ1) is 8.22. The van der Waals surface area contributed by atoms with Crippen molar-refractivity contribution in [2.75, 3.05) is 18.8 Å². The van der Waals surface area contributed by atoms with Crippen LogP contribution in [-0.4, -0.2) is 24.7 Å². The minimum absolute atomic E-state index is 0. The Morgan fingerprint density at radius 3 is 2.61 bits per heavy atom. The van der Waals surface area contributed by atoms with Gasteiger partial charge in [0.05, 0.1) is 0 Å². The predicted molar refractivity (Wildman–Crippen MR) is 83.4 cm³/mol. The van der Waals surface area contributed by atoms with Crippen LogP contribution in [0.25, 0.3) is 0 Å². The number of hydrogen-bond donors (Lipinski definition) is 2. The Bertz CT molecular complexity index is 348. The summed E-state index contributed by atoms with van der Waals surface area (Å²) in [6.07, 6.45) is 1.39. The predicted octanol–water partition coefficient (Wildman–Crippen LogP) is 2.82. The van der Waals surface area contributed by atoms with Crippen LogP contribution in [0.5, 0.6) is 0 Å². The molecule has 1 aromatic carbocycles. The highest BCUT2D eigenvalue weighted by atomic mass is 79.9. The van der Waals surface area contributed by atoms with Gasteiger partial charge in [-0.05, 0) is 37.2 Å². The number of amides is 1. The van der Waals surface area contributed by atoms with Crippen molar-refractivity contribution in [3.63, 3.8) is 0 Å². The summed E-state index contributed by atoms with van der Waals surface area (Å²) in [5, 5.41) is 2.84. The second kappa shape index (κ2) is 10.7. The first kappa shape index (κ1) is 17.8. The van der Waals surface area contributed by atoms with Crippen molar-refractivity contribution in [3.8, 4) is 0 Å². The van der Waals surface area contributed by atoms with Crippen molar-refractivity contribution < 1.29 is 4.79 Å². The molecule has 0 bridgehead atoms. The molecule has 0 unspecified atom stereocenters. The van der Waals surface area contributed by atoms with E-state index in [0.717, 1.165) is 16.6 Å². The molecule has 6 heteroatoms. The van der Waals surface area contributed by atoms with Crippen LogP contribution in [0.3, 0.4) is 0 Å². The van der Waals surface area contributed by atoms with Gasteiger partial charge in [0.15, 0.2) is 0 Å². The van der Waals surface area contributed by atoms with E-state index < -0.39 is 0 Å². The molecule has 1 amide bonds. The van der Waals surface area contributed by atoms with Crippen molar-refractivity contribution in [1.29, 1.82) is 0 Å². The zero-order chi connectivity index (χ0) is 12.5. The maximum absolute atomic E-state index is 11.4. The molecule has 0 aromatic heterocycles. The zero-order valence-electron chi connectivity index (χ0n) is 10.0. The quantitative estimate of drug-likeness (QED) is 0.585. The molecule has 3 N–H and O–H groups in total. The third kappa shape index (κ3) is 7.97. The lowest BCUT2D eigenvalue weighted by Crippen LogP contribution is -2.26. The fourth-order valence-electron chi connectivity index (χ4n) is 1.21. The van der Waals surface area contributed by atoms with Crippen LogP contribution >= 0.6 is 40.1 Å². The molecule has 0 radical (unpaired) electrons. The zero-order valence-corrected chi connectivity index (χ0v) is 13.2. The first-order valence-electron chi connectivity index (χ1n) is 5.57. The number of carbonyl (C=O) groups is 1. The minimum Gasteiger partial charge on any atom is -0.356 e. The van der Waals surface area contributed by atoms with Crippen LogP contribution in [-0.2, 0) is 4.79 Å². The summed E-state index contributed by atoms with van der Waals surface area (Å²) in [6, 6.07) is 8.09. The number of benzene rings is 1. The van der Waals surface area contributed by atoms with E-state index in [1.807, 2.05) is 24.3 Å². The van der Waals surface area contributed by atoms with Gasteiger partial charge in [0.25, 0.3) is 0 Å². The van der Waals surface area contributed by atoms with Crippen molar-refractivity contribution in [3.05, 3.63) is 28.7 Å². The molecule has 0 aliphatic heterocycles. The number of hydrogen-bond acceptors (Lipinski definition) is 3. The van der Waals surface area contributed by atoms with E-state index in [9.17, 15) is 4.79 Å². The Hall–Kier alpha value is -0.230. The Balaban J connectivity index is 0.00000289. The monoisotopic (exact) mass is 352 g/mol. The fraction of sp³-hybridized carbons (Fsp3) is 0.417. The van der Waals surface area contributed by atoms with E-state index in [2.05, 4.69) is 21.2 Å². The number of carbonyl (C=O) groups excluding carboxylic acids is 1. The van der Waals surface area contributed by atoms with Gasteiger partial charge < -0.3 is 11.1 Å². The first-order valence-corrected chi connectivity index (χ1v) is 7.35. The van der Waals surface area contributed by atoms with Crippen LogP contribution in [0.4, 0.5) is 0 Å². The second-order valence-electron chi connectivity index (χ2n) is 3.54. The minimum atomic E-state index is 0. The molecular weight excluding hydrogens is 336 g/mol. The lowest BCUT2D eigenvalue weighted by Gasteiger charge is -2.04. The van der Waals surface area contributed by atoms with E-state index in [0.29, 0.717) is 19.5 Å².